The van der Waals surface area contributed by atoms with Gasteiger partial charge in [0.15, 0.2) is 0 Å². The van der Waals surface area contributed by atoms with Gasteiger partial charge in [-0.25, -0.2) is 0 Å². The fraction of sp³-hybridized carbons (Fsp3) is 0.143. The zero-order valence-corrected chi connectivity index (χ0v) is 5.82. The first kappa shape index (κ1) is 7.68. The molecule has 0 saturated heterocycles. The van der Waals surface area contributed by atoms with Gasteiger partial charge in [-0.05, 0) is 12.1 Å². The van der Waals surface area contributed by atoms with E-state index < -0.39 is 0 Å². The van der Waals surface area contributed by atoms with Crippen molar-refractivity contribution in [3.8, 4) is 0 Å². The number of anilines is 1. The third kappa shape index (κ3) is 2.01. The zero-order valence-electron chi connectivity index (χ0n) is 5.82. The molecule has 0 aliphatic rings. The number of pyridine rings is 1. The molecule has 58 valence electrons. The van der Waals surface area contributed by atoms with Crippen molar-refractivity contribution >= 4 is 12.1 Å². The van der Waals surface area contributed by atoms with Crippen LogP contribution in [-0.2, 0) is 11.4 Å². The molecule has 0 radical (unpaired) electrons. The molecular weight excluding hydrogens is 144 g/mol. The van der Waals surface area contributed by atoms with E-state index in [1.54, 1.807) is 12.1 Å². The average Bonchev–Trinajstić information content (AvgIpc) is 2.06. The Morgan fingerprint density at radius 3 is 3.18 bits per heavy atom. The van der Waals surface area contributed by atoms with E-state index in [2.05, 4.69) is 10.3 Å². The van der Waals surface area contributed by atoms with Crippen molar-refractivity contribution in [2.75, 3.05) is 5.32 Å². The van der Waals surface area contributed by atoms with Crippen LogP contribution < -0.4 is 5.32 Å². The van der Waals surface area contributed by atoms with Crippen LogP contribution in [0.5, 0.6) is 0 Å². The highest BCUT2D eigenvalue weighted by molar-refractivity contribution is 5.70. The quantitative estimate of drug-likeness (QED) is 0.605. The van der Waals surface area contributed by atoms with E-state index in [0.717, 1.165) is 0 Å². The highest BCUT2D eigenvalue weighted by atomic mass is 16.3. The maximum Gasteiger partial charge on any atom is 0.211 e. The summed E-state index contributed by atoms with van der Waals surface area (Å²) in [6, 6.07) is 3.25. The van der Waals surface area contributed by atoms with Crippen molar-refractivity contribution in [1.82, 2.24) is 4.98 Å². The van der Waals surface area contributed by atoms with E-state index in [9.17, 15) is 4.79 Å². The number of aromatic nitrogens is 1. The van der Waals surface area contributed by atoms with Gasteiger partial charge in [0.2, 0.25) is 6.41 Å². The predicted molar refractivity (Wildman–Crippen MR) is 39.8 cm³/mol. The fourth-order valence-electron chi connectivity index (χ4n) is 0.722. The summed E-state index contributed by atoms with van der Waals surface area (Å²) in [7, 11) is 0. The summed E-state index contributed by atoms with van der Waals surface area (Å²) in [5.74, 6) is 0. The minimum Gasteiger partial charge on any atom is -0.390 e. The van der Waals surface area contributed by atoms with Crippen LogP contribution in [0.4, 0.5) is 5.69 Å². The molecule has 1 amide bonds. The van der Waals surface area contributed by atoms with Gasteiger partial charge in [-0.15, -0.1) is 0 Å². The molecule has 0 saturated carbocycles. The number of carbonyl (C=O) groups is 1. The number of carbonyl (C=O) groups excluding carboxylic acids is 1. The molecule has 0 bridgehead atoms. The van der Waals surface area contributed by atoms with Gasteiger partial charge in [-0.3, -0.25) is 9.78 Å². The van der Waals surface area contributed by atoms with Gasteiger partial charge in [0, 0.05) is 11.9 Å². The van der Waals surface area contributed by atoms with Crippen LogP contribution in [0.15, 0.2) is 18.3 Å². The third-order valence-electron chi connectivity index (χ3n) is 1.20. The van der Waals surface area contributed by atoms with Crippen LogP contribution in [0.1, 0.15) is 5.69 Å². The SMILES string of the molecule is O=CNc1ccnc(CO)c1. The highest BCUT2D eigenvalue weighted by Gasteiger charge is 1.92. The molecule has 1 aromatic rings. The molecule has 0 aliphatic carbocycles. The van der Waals surface area contributed by atoms with Crippen molar-refractivity contribution in [1.29, 1.82) is 0 Å². The Labute approximate surface area is 63.9 Å². The van der Waals surface area contributed by atoms with Crippen LogP contribution >= 0.6 is 0 Å². The molecule has 0 atom stereocenters. The first-order chi connectivity index (χ1) is 5.36. The lowest BCUT2D eigenvalue weighted by Crippen LogP contribution is -1.96. The molecule has 0 unspecified atom stereocenters. The van der Waals surface area contributed by atoms with E-state index in [0.29, 0.717) is 17.8 Å². The molecule has 1 rings (SSSR count). The normalized spacial score (nSPS) is 9.18. The van der Waals surface area contributed by atoms with Crippen molar-refractivity contribution in [3.05, 3.63) is 24.0 Å². The lowest BCUT2D eigenvalue weighted by Gasteiger charge is -1.98. The number of rotatable bonds is 3. The largest absolute Gasteiger partial charge is 0.390 e. The Morgan fingerprint density at radius 1 is 1.73 bits per heavy atom. The van der Waals surface area contributed by atoms with E-state index in [1.165, 1.54) is 6.20 Å². The summed E-state index contributed by atoms with van der Waals surface area (Å²) < 4.78 is 0. The summed E-state index contributed by atoms with van der Waals surface area (Å²) in [6.07, 6.45) is 2.11. The maximum absolute atomic E-state index is 9.98. The van der Waals surface area contributed by atoms with Gasteiger partial charge < -0.3 is 10.4 Å². The van der Waals surface area contributed by atoms with Crippen molar-refractivity contribution in [2.45, 2.75) is 6.61 Å². The minimum absolute atomic E-state index is 0.117. The lowest BCUT2D eigenvalue weighted by molar-refractivity contribution is -0.105. The zero-order chi connectivity index (χ0) is 8.10. The van der Waals surface area contributed by atoms with Crippen molar-refractivity contribution in [2.24, 2.45) is 0 Å². The molecule has 0 aromatic carbocycles. The molecule has 0 aliphatic heterocycles. The second-order valence-corrected chi connectivity index (χ2v) is 1.96. The van der Waals surface area contributed by atoms with Gasteiger partial charge in [0.1, 0.15) is 0 Å². The summed E-state index contributed by atoms with van der Waals surface area (Å²) in [5, 5.41) is 11.1. The number of hydrogen-bond donors (Lipinski definition) is 2. The minimum atomic E-state index is -0.117. The Morgan fingerprint density at radius 2 is 2.55 bits per heavy atom. The number of aliphatic hydroxyl groups excluding tert-OH is 1. The number of amides is 1. The Balaban J connectivity index is 2.82. The Bertz CT molecular complexity index is 250. The number of nitrogens with one attached hydrogen (secondary N) is 1. The maximum atomic E-state index is 9.98. The summed E-state index contributed by atoms with van der Waals surface area (Å²) in [6.45, 7) is -0.117. The van der Waals surface area contributed by atoms with Crippen molar-refractivity contribution < 1.29 is 9.90 Å². The standard InChI is InChI=1S/C7H8N2O2/c10-4-7-3-6(9-5-11)1-2-8-7/h1-3,5,10H,4H2,(H,8,9,11). The molecule has 4 heteroatoms. The van der Waals surface area contributed by atoms with E-state index in [4.69, 9.17) is 5.11 Å². The second kappa shape index (κ2) is 3.68. The van der Waals surface area contributed by atoms with Crippen LogP contribution in [0.3, 0.4) is 0 Å². The lowest BCUT2D eigenvalue weighted by atomic mass is 10.3. The molecule has 1 heterocycles. The Kier molecular flexibility index (Phi) is 2.57. The fourth-order valence-corrected chi connectivity index (χ4v) is 0.722. The molecule has 1 aromatic heterocycles. The monoisotopic (exact) mass is 152 g/mol. The number of nitrogens with zero attached hydrogens (tertiary/aromatic N) is 1. The predicted octanol–water partition coefficient (Wildman–Crippen LogP) is 0.142. The van der Waals surface area contributed by atoms with Gasteiger partial charge >= 0.3 is 0 Å². The third-order valence-corrected chi connectivity index (χ3v) is 1.20. The molecule has 0 fully saturated rings. The Hall–Kier alpha value is -1.42. The van der Waals surface area contributed by atoms with Crippen LogP contribution in [0.25, 0.3) is 0 Å². The average molecular weight is 152 g/mol. The summed E-state index contributed by atoms with van der Waals surface area (Å²) in [4.78, 5) is 13.8. The van der Waals surface area contributed by atoms with Crippen molar-refractivity contribution in [3.63, 3.8) is 0 Å². The number of hydrogen-bond acceptors (Lipinski definition) is 3. The van der Waals surface area contributed by atoms with Gasteiger partial charge in [0.25, 0.3) is 0 Å². The summed E-state index contributed by atoms with van der Waals surface area (Å²) in [5.41, 5.74) is 1.18. The number of aliphatic hydroxyl groups is 1. The molecule has 0 spiro atoms. The first-order valence-corrected chi connectivity index (χ1v) is 3.13. The van der Waals surface area contributed by atoms with Gasteiger partial charge in [-0.1, -0.05) is 0 Å². The topological polar surface area (TPSA) is 62.2 Å². The second-order valence-electron chi connectivity index (χ2n) is 1.96. The van der Waals surface area contributed by atoms with E-state index in [1.807, 2.05) is 0 Å². The molecule has 11 heavy (non-hydrogen) atoms. The highest BCUT2D eigenvalue weighted by Crippen LogP contribution is 2.05. The van der Waals surface area contributed by atoms with Gasteiger partial charge in [0.05, 0.1) is 12.3 Å². The smallest absolute Gasteiger partial charge is 0.211 e. The first-order valence-electron chi connectivity index (χ1n) is 3.13. The summed E-state index contributed by atoms with van der Waals surface area (Å²) >= 11 is 0. The van der Waals surface area contributed by atoms with E-state index in [-0.39, 0.29) is 6.61 Å². The van der Waals surface area contributed by atoms with E-state index >= 15 is 0 Å². The van der Waals surface area contributed by atoms with Crippen LogP contribution in [-0.4, -0.2) is 16.5 Å². The molecular formula is C7H8N2O2. The van der Waals surface area contributed by atoms with Crippen LogP contribution in [0, 0.1) is 0 Å². The van der Waals surface area contributed by atoms with Gasteiger partial charge in [-0.2, -0.15) is 0 Å². The van der Waals surface area contributed by atoms with Crippen LogP contribution in [0.2, 0.25) is 0 Å². The molecule has 2 N–H and O–H groups in total. The molecule has 4 nitrogen and oxygen atoms in total.